The van der Waals surface area contributed by atoms with E-state index < -0.39 is 11.2 Å². The summed E-state index contributed by atoms with van der Waals surface area (Å²) < 4.78 is 1.46. The van der Waals surface area contributed by atoms with Crippen molar-refractivity contribution in [2.75, 3.05) is 13.1 Å². The molecule has 1 aliphatic rings. The number of carbonyl (C=O) groups is 1. The van der Waals surface area contributed by atoms with E-state index in [1.165, 1.54) is 4.57 Å². The number of amides is 1. The van der Waals surface area contributed by atoms with Crippen molar-refractivity contribution in [3.05, 3.63) is 38.2 Å². The lowest BCUT2D eigenvalue weighted by Gasteiger charge is -2.24. The quantitative estimate of drug-likeness (QED) is 0.717. The van der Waals surface area contributed by atoms with Crippen LogP contribution < -0.4 is 21.9 Å². The molecule has 1 aliphatic heterocycles. The van der Waals surface area contributed by atoms with E-state index in [0.717, 1.165) is 19.4 Å². The Morgan fingerprint density at radius 2 is 2.07 bits per heavy atom. The molecule has 3 rings (SSSR count). The van der Waals surface area contributed by atoms with Crippen molar-refractivity contribution in [1.82, 2.24) is 25.2 Å². The number of H-pyrrole nitrogens is 1. The summed E-state index contributed by atoms with van der Waals surface area (Å²) in [5, 5.41) is 6.47. The molecular formula is C20H29N5O3. The fraction of sp³-hybridized carbons (Fsp3) is 0.600. The number of aromatic amines is 1. The van der Waals surface area contributed by atoms with Gasteiger partial charge in [0.15, 0.2) is 5.65 Å². The minimum Gasteiger partial charge on any atom is -0.348 e. The van der Waals surface area contributed by atoms with Gasteiger partial charge in [-0.1, -0.05) is 27.7 Å². The van der Waals surface area contributed by atoms with Crippen molar-refractivity contribution in [2.45, 2.75) is 59.0 Å². The van der Waals surface area contributed by atoms with Gasteiger partial charge in [0.05, 0.1) is 10.9 Å². The second-order valence-electron chi connectivity index (χ2n) is 8.23. The first-order valence-corrected chi connectivity index (χ1v) is 9.97. The maximum atomic E-state index is 13.1. The van der Waals surface area contributed by atoms with Crippen LogP contribution >= 0.6 is 0 Å². The summed E-state index contributed by atoms with van der Waals surface area (Å²) in [5.41, 5.74) is 0.165. The molecule has 8 nitrogen and oxygen atoms in total. The van der Waals surface area contributed by atoms with E-state index in [0.29, 0.717) is 18.8 Å². The Hall–Kier alpha value is -2.48. The molecular weight excluding hydrogens is 358 g/mol. The topological polar surface area (TPSA) is 109 Å². The first kappa shape index (κ1) is 20.3. The Morgan fingerprint density at radius 3 is 2.68 bits per heavy atom. The van der Waals surface area contributed by atoms with E-state index in [1.807, 2.05) is 27.7 Å². The van der Waals surface area contributed by atoms with Crippen LogP contribution in [0.15, 0.2) is 15.7 Å². The van der Waals surface area contributed by atoms with Crippen LogP contribution in [0.3, 0.4) is 0 Å². The van der Waals surface area contributed by atoms with E-state index >= 15 is 0 Å². The molecule has 0 radical (unpaired) electrons. The van der Waals surface area contributed by atoms with Gasteiger partial charge in [0, 0.05) is 24.8 Å². The van der Waals surface area contributed by atoms with Crippen molar-refractivity contribution in [2.24, 2.45) is 5.92 Å². The number of piperidine rings is 1. The summed E-state index contributed by atoms with van der Waals surface area (Å²) in [6.07, 6.45) is 1.89. The lowest BCUT2D eigenvalue weighted by molar-refractivity contribution is 0.0932. The molecule has 0 aromatic carbocycles. The highest BCUT2D eigenvalue weighted by molar-refractivity contribution is 6.05. The van der Waals surface area contributed by atoms with E-state index in [-0.39, 0.29) is 40.4 Å². The van der Waals surface area contributed by atoms with Crippen molar-refractivity contribution in [1.29, 1.82) is 0 Å². The molecule has 3 heterocycles. The van der Waals surface area contributed by atoms with Gasteiger partial charge >= 0.3 is 5.69 Å². The van der Waals surface area contributed by atoms with Crippen LogP contribution in [0.25, 0.3) is 11.0 Å². The number of nitrogens with zero attached hydrogens (tertiary/aromatic N) is 2. The van der Waals surface area contributed by atoms with E-state index in [4.69, 9.17) is 0 Å². The Morgan fingerprint density at radius 1 is 1.32 bits per heavy atom. The predicted octanol–water partition coefficient (Wildman–Crippen LogP) is 1.35. The van der Waals surface area contributed by atoms with Gasteiger partial charge in [-0.2, -0.15) is 0 Å². The van der Waals surface area contributed by atoms with Crippen LogP contribution in [-0.2, 0) is 6.54 Å². The molecule has 1 saturated heterocycles. The van der Waals surface area contributed by atoms with Crippen LogP contribution in [0, 0.1) is 5.92 Å². The third-order valence-corrected chi connectivity index (χ3v) is 4.98. The zero-order valence-corrected chi connectivity index (χ0v) is 17.0. The average Bonchev–Trinajstić information content (AvgIpc) is 2.64. The highest BCUT2D eigenvalue weighted by atomic mass is 16.2. The number of carbonyl (C=O) groups excluding carboxylic acids is 1. The van der Waals surface area contributed by atoms with Crippen molar-refractivity contribution in [3.63, 3.8) is 0 Å². The number of pyridine rings is 1. The van der Waals surface area contributed by atoms with Gasteiger partial charge in [-0.3, -0.25) is 19.1 Å². The minimum atomic E-state index is -0.574. The maximum absolute atomic E-state index is 13.1. The maximum Gasteiger partial charge on any atom is 0.330 e. The highest BCUT2D eigenvalue weighted by Gasteiger charge is 2.23. The number of rotatable bonds is 5. The van der Waals surface area contributed by atoms with E-state index in [2.05, 4.69) is 20.6 Å². The number of nitrogens with one attached hydrogen (secondary N) is 3. The minimum absolute atomic E-state index is 0.0209. The van der Waals surface area contributed by atoms with Gasteiger partial charge in [-0.05, 0) is 37.3 Å². The van der Waals surface area contributed by atoms with Crippen LogP contribution in [0.5, 0.6) is 0 Å². The van der Waals surface area contributed by atoms with Crippen molar-refractivity contribution in [3.8, 4) is 0 Å². The number of fused-ring (bicyclic) bond motifs is 1. The number of hydrogen-bond acceptors (Lipinski definition) is 5. The summed E-state index contributed by atoms with van der Waals surface area (Å²) in [4.78, 5) is 45.1. The zero-order valence-electron chi connectivity index (χ0n) is 17.0. The second-order valence-corrected chi connectivity index (χ2v) is 8.23. The number of aromatic nitrogens is 3. The summed E-state index contributed by atoms with van der Waals surface area (Å²) in [6, 6.07) is 1.70. The van der Waals surface area contributed by atoms with Gasteiger partial charge in [-0.15, -0.1) is 0 Å². The van der Waals surface area contributed by atoms with Crippen LogP contribution in [-0.4, -0.2) is 39.6 Å². The third-order valence-electron chi connectivity index (χ3n) is 4.98. The summed E-state index contributed by atoms with van der Waals surface area (Å²) in [6.45, 7) is 9.98. The lowest BCUT2D eigenvalue weighted by atomic mass is 10.0. The SMILES string of the molecule is CC(C)Cn1c(=O)[nH]c(=O)c2c(C(=O)N[C@H]3CCCNC3)cc(C(C)C)nc21. The second kappa shape index (κ2) is 8.26. The molecule has 0 unspecified atom stereocenters. The number of hydrogen-bond donors (Lipinski definition) is 3. The first-order valence-electron chi connectivity index (χ1n) is 9.97. The molecule has 0 bridgehead atoms. The third kappa shape index (κ3) is 4.16. The van der Waals surface area contributed by atoms with Crippen molar-refractivity contribution < 1.29 is 4.79 Å². The van der Waals surface area contributed by atoms with E-state index in [1.54, 1.807) is 6.07 Å². The van der Waals surface area contributed by atoms with Crippen LogP contribution in [0.2, 0.25) is 0 Å². The Labute approximate surface area is 163 Å². The van der Waals surface area contributed by atoms with Gasteiger partial charge in [0.25, 0.3) is 11.5 Å². The van der Waals surface area contributed by atoms with Crippen LogP contribution in [0.4, 0.5) is 0 Å². The first-order chi connectivity index (χ1) is 13.3. The zero-order chi connectivity index (χ0) is 20.4. The molecule has 28 heavy (non-hydrogen) atoms. The molecule has 152 valence electrons. The predicted molar refractivity (Wildman–Crippen MR) is 109 cm³/mol. The fourth-order valence-electron chi connectivity index (χ4n) is 3.54. The monoisotopic (exact) mass is 387 g/mol. The summed E-state index contributed by atoms with van der Waals surface area (Å²) in [5.74, 6) is -0.0701. The average molecular weight is 387 g/mol. The van der Waals surface area contributed by atoms with Crippen molar-refractivity contribution >= 4 is 16.9 Å². The molecule has 1 amide bonds. The molecule has 1 atom stereocenters. The Balaban J connectivity index is 2.18. The fourth-order valence-corrected chi connectivity index (χ4v) is 3.54. The molecule has 8 heteroatoms. The normalized spacial score (nSPS) is 17.4. The molecule has 2 aromatic rings. The summed E-state index contributed by atoms with van der Waals surface area (Å²) in [7, 11) is 0. The van der Waals surface area contributed by atoms with Gasteiger partial charge in [-0.25, -0.2) is 9.78 Å². The van der Waals surface area contributed by atoms with Crippen LogP contribution in [0.1, 0.15) is 62.5 Å². The van der Waals surface area contributed by atoms with Gasteiger partial charge < -0.3 is 10.6 Å². The Bertz CT molecular complexity index is 984. The Kier molecular flexibility index (Phi) is 5.98. The molecule has 3 N–H and O–H groups in total. The molecule has 0 aliphatic carbocycles. The van der Waals surface area contributed by atoms with Gasteiger partial charge in [0.1, 0.15) is 0 Å². The summed E-state index contributed by atoms with van der Waals surface area (Å²) >= 11 is 0. The smallest absolute Gasteiger partial charge is 0.330 e. The molecule has 1 fully saturated rings. The molecule has 0 saturated carbocycles. The van der Waals surface area contributed by atoms with E-state index in [9.17, 15) is 14.4 Å². The van der Waals surface area contributed by atoms with Gasteiger partial charge in [0.2, 0.25) is 0 Å². The molecule has 2 aromatic heterocycles. The molecule has 0 spiro atoms. The largest absolute Gasteiger partial charge is 0.348 e. The lowest BCUT2D eigenvalue weighted by Crippen LogP contribution is -2.46. The highest BCUT2D eigenvalue weighted by Crippen LogP contribution is 2.20. The standard InChI is InChI=1S/C20H29N5O3/c1-11(2)10-25-17-16(19(27)24-20(25)28)14(8-15(23-17)12(3)4)18(26)22-13-6-5-7-21-9-13/h8,11-13,21H,5-7,9-10H2,1-4H3,(H,22,26)(H,24,27,28)/t13-/m0/s1.